The summed E-state index contributed by atoms with van der Waals surface area (Å²) in [6.07, 6.45) is 1.11. The zero-order chi connectivity index (χ0) is 9.68. The van der Waals surface area contributed by atoms with Gasteiger partial charge >= 0.3 is 0 Å². The summed E-state index contributed by atoms with van der Waals surface area (Å²) in [5, 5.41) is 8.59. The fourth-order valence-electron chi connectivity index (χ4n) is 1.14. The molecule has 2 nitrogen and oxygen atoms in total. The van der Waals surface area contributed by atoms with Gasteiger partial charge in [-0.3, -0.25) is 0 Å². The number of halogens is 1. The van der Waals surface area contributed by atoms with Gasteiger partial charge in [0, 0.05) is 6.61 Å². The average molecular weight is 184 g/mol. The number of aryl methyl sites for hydroxylation is 1. The van der Waals surface area contributed by atoms with Gasteiger partial charge in [0.2, 0.25) is 0 Å². The molecule has 0 heterocycles. The molecule has 0 radical (unpaired) electrons. The molecule has 0 spiro atoms. The van der Waals surface area contributed by atoms with Crippen LogP contribution in [0, 0.1) is 5.82 Å². The summed E-state index contributed by atoms with van der Waals surface area (Å²) in [5.41, 5.74) is 0.591. The number of aliphatic hydroxyl groups is 1. The summed E-state index contributed by atoms with van der Waals surface area (Å²) < 4.78 is 18.1. The minimum Gasteiger partial charge on any atom is -0.497 e. The molecule has 0 saturated carbocycles. The van der Waals surface area contributed by atoms with Crippen molar-refractivity contribution in [1.29, 1.82) is 0 Å². The SMILES string of the molecule is COc1ccc(F)c(CCCO)c1. The van der Waals surface area contributed by atoms with Gasteiger partial charge in [-0.25, -0.2) is 4.39 Å². The number of rotatable bonds is 4. The van der Waals surface area contributed by atoms with Gasteiger partial charge in [-0.05, 0) is 36.6 Å². The first-order valence-corrected chi connectivity index (χ1v) is 4.21. The molecule has 0 saturated heterocycles. The maximum absolute atomic E-state index is 13.1. The molecule has 0 aliphatic heterocycles. The smallest absolute Gasteiger partial charge is 0.126 e. The van der Waals surface area contributed by atoms with E-state index >= 15 is 0 Å². The summed E-state index contributed by atoms with van der Waals surface area (Å²) in [6.45, 7) is 0.0800. The van der Waals surface area contributed by atoms with Crippen LogP contribution in [0.25, 0.3) is 0 Å². The number of hydrogen-bond donors (Lipinski definition) is 1. The summed E-state index contributed by atoms with van der Waals surface area (Å²) >= 11 is 0. The highest BCUT2D eigenvalue weighted by Crippen LogP contribution is 2.17. The Labute approximate surface area is 77.0 Å². The van der Waals surface area contributed by atoms with Crippen molar-refractivity contribution in [1.82, 2.24) is 0 Å². The lowest BCUT2D eigenvalue weighted by molar-refractivity contribution is 0.288. The molecule has 0 unspecified atom stereocenters. The molecular formula is C10H13FO2. The van der Waals surface area contributed by atoms with E-state index in [4.69, 9.17) is 9.84 Å². The van der Waals surface area contributed by atoms with Crippen molar-refractivity contribution in [3.05, 3.63) is 29.6 Å². The molecule has 1 aromatic rings. The van der Waals surface area contributed by atoms with Crippen LogP contribution in [0.4, 0.5) is 4.39 Å². The van der Waals surface area contributed by atoms with Crippen LogP contribution in [-0.2, 0) is 6.42 Å². The molecule has 3 heteroatoms. The Kier molecular flexibility index (Phi) is 3.71. The highest BCUT2D eigenvalue weighted by Gasteiger charge is 2.02. The van der Waals surface area contributed by atoms with Crippen LogP contribution in [0.5, 0.6) is 5.75 Å². The third-order valence-corrected chi connectivity index (χ3v) is 1.86. The third-order valence-electron chi connectivity index (χ3n) is 1.86. The Bertz CT molecular complexity index is 274. The first-order chi connectivity index (χ1) is 6.27. The van der Waals surface area contributed by atoms with Crippen molar-refractivity contribution in [2.45, 2.75) is 12.8 Å². The molecule has 0 aliphatic carbocycles. The van der Waals surface area contributed by atoms with Crippen LogP contribution >= 0.6 is 0 Å². The van der Waals surface area contributed by atoms with E-state index in [1.807, 2.05) is 0 Å². The van der Waals surface area contributed by atoms with Gasteiger partial charge in [0.25, 0.3) is 0 Å². The fraction of sp³-hybridized carbons (Fsp3) is 0.400. The normalized spacial score (nSPS) is 10.1. The highest BCUT2D eigenvalue weighted by molar-refractivity contribution is 5.29. The van der Waals surface area contributed by atoms with Crippen molar-refractivity contribution in [3.8, 4) is 5.75 Å². The van der Waals surface area contributed by atoms with E-state index in [1.54, 1.807) is 19.2 Å². The minimum absolute atomic E-state index is 0.0800. The topological polar surface area (TPSA) is 29.5 Å². The Morgan fingerprint density at radius 1 is 1.46 bits per heavy atom. The Morgan fingerprint density at radius 2 is 2.23 bits per heavy atom. The molecule has 0 fully saturated rings. The van der Waals surface area contributed by atoms with Crippen LogP contribution in [0.15, 0.2) is 18.2 Å². The number of benzene rings is 1. The van der Waals surface area contributed by atoms with E-state index in [9.17, 15) is 4.39 Å². The van der Waals surface area contributed by atoms with E-state index in [-0.39, 0.29) is 12.4 Å². The van der Waals surface area contributed by atoms with Crippen LogP contribution in [0.1, 0.15) is 12.0 Å². The second-order valence-electron chi connectivity index (χ2n) is 2.78. The molecule has 0 aromatic heterocycles. The number of methoxy groups -OCH3 is 1. The van der Waals surface area contributed by atoms with Crippen LogP contribution in [-0.4, -0.2) is 18.8 Å². The van der Waals surface area contributed by atoms with E-state index in [0.29, 0.717) is 24.2 Å². The molecule has 1 N–H and O–H groups in total. The second-order valence-corrected chi connectivity index (χ2v) is 2.78. The van der Waals surface area contributed by atoms with Gasteiger partial charge in [0.15, 0.2) is 0 Å². The molecule has 0 aliphatic rings. The first kappa shape index (κ1) is 9.99. The lowest BCUT2D eigenvalue weighted by atomic mass is 10.1. The molecule has 72 valence electrons. The zero-order valence-electron chi connectivity index (χ0n) is 7.59. The van der Waals surface area contributed by atoms with Crippen molar-refractivity contribution >= 4 is 0 Å². The largest absolute Gasteiger partial charge is 0.497 e. The van der Waals surface area contributed by atoms with Gasteiger partial charge in [-0.1, -0.05) is 0 Å². The minimum atomic E-state index is -0.241. The highest BCUT2D eigenvalue weighted by atomic mass is 19.1. The molecule has 1 aromatic carbocycles. The quantitative estimate of drug-likeness (QED) is 0.772. The summed E-state index contributed by atoms with van der Waals surface area (Å²) in [5.74, 6) is 0.406. The average Bonchev–Trinajstić information content (AvgIpc) is 2.17. The maximum atomic E-state index is 13.1. The lowest BCUT2D eigenvalue weighted by Crippen LogP contribution is -1.94. The molecule has 1 rings (SSSR count). The van der Waals surface area contributed by atoms with Gasteiger partial charge in [0.05, 0.1) is 7.11 Å². The Hall–Kier alpha value is -1.09. The van der Waals surface area contributed by atoms with Crippen molar-refractivity contribution in [2.75, 3.05) is 13.7 Å². The van der Waals surface area contributed by atoms with Crippen LogP contribution < -0.4 is 4.74 Å². The number of hydrogen-bond acceptors (Lipinski definition) is 2. The Balaban J connectivity index is 2.78. The summed E-state index contributed by atoms with van der Waals surface area (Å²) in [7, 11) is 1.54. The van der Waals surface area contributed by atoms with Gasteiger partial charge < -0.3 is 9.84 Å². The standard InChI is InChI=1S/C10H13FO2/c1-13-9-4-5-10(11)8(7-9)3-2-6-12/h4-5,7,12H,2-3,6H2,1H3. The van der Waals surface area contributed by atoms with E-state index in [2.05, 4.69) is 0 Å². The van der Waals surface area contributed by atoms with Crippen LogP contribution in [0.2, 0.25) is 0 Å². The molecule has 13 heavy (non-hydrogen) atoms. The molecular weight excluding hydrogens is 171 g/mol. The predicted molar refractivity (Wildman–Crippen MR) is 48.4 cm³/mol. The lowest BCUT2D eigenvalue weighted by Gasteiger charge is -2.04. The van der Waals surface area contributed by atoms with E-state index in [1.165, 1.54) is 6.07 Å². The van der Waals surface area contributed by atoms with Crippen LogP contribution in [0.3, 0.4) is 0 Å². The van der Waals surface area contributed by atoms with Gasteiger partial charge in [-0.2, -0.15) is 0 Å². The summed E-state index contributed by atoms with van der Waals surface area (Å²) in [4.78, 5) is 0. The van der Waals surface area contributed by atoms with Gasteiger partial charge in [0.1, 0.15) is 11.6 Å². The van der Waals surface area contributed by atoms with Crippen molar-refractivity contribution < 1.29 is 14.2 Å². The van der Waals surface area contributed by atoms with Gasteiger partial charge in [-0.15, -0.1) is 0 Å². The van der Waals surface area contributed by atoms with E-state index < -0.39 is 0 Å². The Morgan fingerprint density at radius 3 is 2.85 bits per heavy atom. The molecule has 0 bridgehead atoms. The second kappa shape index (κ2) is 4.82. The monoisotopic (exact) mass is 184 g/mol. The summed E-state index contributed by atoms with van der Waals surface area (Å²) in [6, 6.07) is 4.62. The first-order valence-electron chi connectivity index (χ1n) is 4.21. The number of aliphatic hydroxyl groups excluding tert-OH is 1. The zero-order valence-corrected chi connectivity index (χ0v) is 7.59. The number of ether oxygens (including phenoxy) is 1. The van der Waals surface area contributed by atoms with Crippen molar-refractivity contribution in [2.24, 2.45) is 0 Å². The molecule has 0 atom stereocenters. The van der Waals surface area contributed by atoms with E-state index in [0.717, 1.165) is 0 Å². The molecule has 0 amide bonds. The maximum Gasteiger partial charge on any atom is 0.126 e. The van der Waals surface area contributed by atoms with Crippen molar-refractivity contribution in [3.63, 3.8) is 0 Å². The fourth-order valence-corrected chi connectivity index (χ4v) is 1.14. The third kappa shape index (κ3) is 2.70. The predicted octanol–water partition coefficient (Wildman–Crippen LogP) is 1.76.